The highest BCUT2D eigenvalue weighted by atomic mass is 35.5. The lowest BCUT2D eigenvalue weighted by Gasteiger charge is -2.45. The lowest BCUT2D eigenvalue weighted by molar-refractivity contribution is -0.0347. The summed E-state index contributed by atoms with van der Waals surface area (Å²) in [6.45, 7) is 10.5. The largest absolute Gasteiger partial charge is 0.386 e. The van der Waals surface area contributed by atoms with Crippen molar-refractivity contribution in [3.05, 3.63) is 21.3 Å². The molecule has 1 rings (SSSR count). The van der Waals surface area contributed by atoms with Crippen molar-refractivity contribution in [1.82, 2.24) is 4.90 Å². The third-order valence-corrected chi connectivity index (χ3v) is 5.43. The summed E-state index contributed by atoms with van der Waals surface area (Å²) in [5.41, 5.74) is -0.210. The van der Waals surface area contributed by atoms with Gasteiger partial charge in [-0.25, -0.2) is 0 Å². The fourth-order valence-corrected chi connectivity index (χ4v) is 4.11. The molecular weight excluding hydrogens is 266 g/mol. The van der Waals surface area contributed by atoms with Crippen LogP contribution in [0.2, 0.25) is 5.02 Å². The molecule has 1 aromatic rings. The number of halogens is 1. The number of thiophene rings is 1. The fraction of sp³-hybridized carbons (Fsp3) is 0.714. The van der Waals surface area contributed by atoms with E-state index in [-0.39, 0.29) is 5.54 Å². The zero-order valence-corrected chi connectivity index (χ0v) is 13.3. The molecule has 1 atom stereocenters. The molecule has 0 bridgehead atoms. The van der Waals surface area contributed by atoms with Crippen LogP contribution in [0.4, 0.5) is 0 Å². The van der Waals surface area contributed by atoms with Crippen LogP contribution in [0, 0.1) is 0 Å². The van der Waals surface area contributed by atoms with Crippen LogP contribution in [0.15, 0.2) is 11.4 Å². The highest BCUT2D eigenvalue weighted by Crippen LogP contribution is 2.41. The molecule has 0 aliphatic carbocycles. The molecule has 0 fully saturated rings. The van der Waals surface area contributed by atoms with E-state index in [1.54, 1.807) is 11.3 Å². The molecule has 4 heteroatoms. The van der Waals surface area contributed by atoms with Crippen LogP contribution < -0.4 is 0 Å². The average molecular weight is 290 g/mol. The molecule has 0 amide bonds. The number of hydrogen-bond acceptors (Lipinski definition) is 3. The summed E-state index contributed by atoms with van der Waals surface area (Å²) in [6, 6.07) is 1.86. The first-order valence-corrected chi connectivity index (χ1v) is 7.99. The van der Waals surface area contributed by atoms with Crippen molar-refractivity contribution in [3.63, 3.8) is 0 Å². The second-order valence-electron chi connectivity index (χ2n) is 4.52. The van der Waals surface area contributed by atoms with Crippen molar-refractivity contribution < 1.29 is 5.11 Å². The molecule has 1 heterocycles. The number of aliphatic hydroxyl groups is 1. The third-order valence-electron chi connectivity index (χ3n) is 4.02. The first-order valence-electron chi connectivity index (χ1n) is 6.73. The minimum Gasteiger partial charge on any atom is -0.386 e. The minimum atomic E-state index is -0.514. The van der Waals surface area contributed by atoms with Gasteiger partial charge < -0.3 is 5.11 Å². The second kappa shape index (κ2) is 6.90. The van der Waals surface area contributed by atoms with Gasteiger partial charge in [-0.1, -0.05) is 39.3 Å². The lowest BCUT2D eigenvalue weighted by Crippen LogP contribution is -2.52. The topological polar surface area (TPSA) is 23.5 Å². The van der Waals surface area contributed by atoms with Crippen LogP contribution >= 0.6 is 22.9 Å². The molecule has 0 spiro atoms. The number of likely N-dealkylation sites (N-methyl/N-ethyl adjacent to an activating group) is 1. The zero-order valence-electron chi connectivity index (χ0n) is 11.7. The average Bonchev–Trinajstić information content (AvgIpc) is 2.81. The van der Waals surface area contributed by atoms with E-state index in [4.69, 9.17) is 11.6 Å². The summed E-state index contributed by atoms with van der Waals surface area (Å²) in [5, 5.41) is 13.4. The van der Waals surface area contributed by atoms with Gasteiger partial charge in [-0.2, -0.15) is 0 Å². The molecule has 1 aromatic heterocycles. The molecule has 2 nitrogen and oxygen atoms in total. The molecule has 0 saturated carbocycles. The second-order valence-corrected chi connectivity index (χ2v) is 5.87. The summed E-state index contributed by atoms with van der Waals surface area (Å²) in [6.07, 6.45) is 1.32. The summed E-state index contributed by atoms with van der Waals surface area (Å²) in [5.74, 6) is 0. The molecule has 0 saturated heterocycles. The van der Waals surface area contributed by atoms with Crippen molar-refractivity contribution in [2.45, 2.75) is 52.2 Å². The van der Waals surface area contributed by atoms with Crippen molar-refractivity contribution in [3.8, 4) is 0 Å². The Bertz CT molecular complexity index is 358. The summed E-state index contributed by atoms with van der Waals surface area (Å²) < 4.78 is 0. The summed E-state index contributed by atoms with van der Waals surface area (Å²) in [4.78, 5) is 3.25. The first-order chi connectivity index (χ1) is 8.57. The van der Waals surface area contributed by atoms with Crippen LogP contribution in [0.1, 0.15) is 51.5 Å². The maximum absolute atomic E-state index is 10.8. The molecule has 0 radical (unpaired) electrons. The maximum Gasteiger partial charge on any atom is 0.108 e. The molecule has 1 N–H and O–H groups in total. The molecule has 1 unspecified atom stereocenters. The van der Waals surface area contributed by atoms with Gasteiger partial charge in [-0.3, -0.25) is 4.90 Å². The molecule has 0 aromatic carbocycles. The van der Waals surface area contributed by atoms with E-state index in [0.29, 0.717) is 5.02 Å². The van der Waals surface area contributed by atoms with Crippen molar-refractivity contribution >= 4 is 22.9 Å². The number of nitrogens with zero attached hydrogens (tertiary/aromatic N) is 1. The monoisotopic (exact) mass is 289 g/mol. The van der Waals surface area contributed by atoms with Crippen LogP contribution in [0.3, 0.4) is 0 Å². The Kier molecular flexibility index (Phi) is 6.12. The number of aliphatic hydroxyl groups excluding tert-OH is 1. The first kappa shape index (κ1) is 16.0. The Morgan fingerprint density at radius 2 is 1.83 bits per heavy atom. The van der Waals surface area contributed by atoms with Gasteiger partial charge in [-0.15, -0.1) is 11.3 Å². The Hall–Kier alpha value is -0.0900. The summed E-state index contributed by atoms with van der Waals surface area (Å²) in [7, 11) is 0. The van der Waals surface area contributed by atoms with Crippen LogP contribution in [0.5, 0.6) is 0 Å². The van der Waals surface area contributed by atoms with E-state index in [2.05, 4.69) is 32.6 Å². The van der Waals surface area contributed by atoms with Gasteiger partial charge in [0.15, 0.2) is 0 Å². The van der Waals surface area contributed by atoms with E-state index >= 15 is 0 Å². The smallest absolute Gasteiger partial charge is 0.108 e. The maximum atomic E-state index is 10.8. The Morgan fingerprint density at radius 3 is 2.17 bits per heavy atom. The Labute approximate surface area is 120 Å². The third kappa shape index (κ3) is 2.74. The molecule has 104 valence electrons. The molecular formula is C14H24ClNOS. The van der Waals surface area contributed by atoms with Crippen LogP contribution in [-0.4, -0.2) is 28.6 Å². The Morgan fingerprint density at radius 1 is 1.28 bits per heavy atom. The van der Waals surface area contributed by atoms with Gasteiger partial charge in [0.05, 0.1) is 15.4 Å². The van der Waals surface area contributed by atoms with Crippen molar-refractivity contribution in [1.29, 1.82) is 0 Å². The van der Waals surface area contributed by atoms with E-state index in [1.165, 1.54) is 0 Å². The zero-order chi connectivity index (χ0) is 13.8. The van der Waals surface area contributed by atoms with Crippen molar-refractivity contribution in [2.75, 3.05) is 13.1 Å². The lowest BCUT2D eigenvalue weighted by atomic mass is 9.83. The fourth-order valence-electron chi connectivity index (χ4n) is 2.85. The van der Waals surface area contributed by atoms with Crippen LogP contribution in [0.25, 0.3) is 0 Å². The van der Waals surface area contributed by atoms with Gasteiger partial charge in [0, 0.05) is 0 Å². The van der Waals surface area contributed by atoms with Gasteiger partial charge in [0.1, 0.15) is 6.10 Å². The van der Waals surface area contributed by atoms with Gasteiger partial charge >= 0.3 is 0 Å². The molecule has 18 heavy (non-hydrogen) atoms. The quantitative estimate of drug-likeness (QED) is 0.807. The SMILES string of the molecule is CCN(CC)C(CC)(CC)C(O)c1sccc1Cl. The number of hydrogen-bond donors (Lipinski definition) is 1. The standard InChI is InChI=1S/C14H24ClNOS/c1-5-14(6-2,16(7-3)8-4)13(17)12-11(15)9-10-18-12/h9-10,13,17H,5-8H2,1-4H3. The minimum absolute atomic E-state index is 0.210. The van der Waals surface area contributed by atoms with Crippen molar-refractivity contribution in [2.24, 2.45) is 0 Å². The van der Waals surface area contributed by atoms with Gasteiger partial charge in [0.25, 0.3) is 0 Å². The normalized spacial score (nSPS) is 14.2. The van der Waals surface area contributed by atoms with Gasteiger partial charge in [0.2, 0.25) is 0 Å². The highest BCUT2D eigenvalue weighted by Gasteiger charge is 2.41. The summed E-state index contributed by atoms with van der Waals surface area (Å²) >= 11 is 7.72. The van der Waals surface area contributed by atoms with E-state index in [1.807, 2.05) is 11.4 Å². The predicted octanol–water partition coefficient (Wildman–Crippen LogP) is 4.34. The molecule has 0 aliphatic heterocycles. The van der Waals surface area contributed by atoms with E-state index < -0.39 is 6.10 Å². The Balaban J connectivity index is 3.15. The van der Waals surface area contributed by atoms with Gasteiger partial charge in [-0.05, 0) is 37.4 Å². The van der Waals surface area contributed by atoms with Crippen LogP contribution in [-0.2, 0) is 0 Å². The number of rotatable bonds is 7. The predicted molar refractivity (Wildman–Crippen MR) is 80.5 cm³/mol. The van der Waals surface area contributed by atoms with E-state index in [9.17, 15) is 5.11 Å². The molecule has 0 aliphatic rings. The highest BCUT2D eigenvalue weighted by molar-refractivity contribution is 7.10. The van der Waals surface area contributed by atoms with E-state index in [0.717, 1.165) is 30.8 Å².